The van der Waals surface area contributed by atoms with E-state index in [0.717, 1.165) is 25.6 Å². The molecule has 0 spiro atoms. The molecule has 3 rings (SSSR count). The van der Waals surface area contributed by atoms with Gasteiger partial charge in [0.15, 0.2) is 0 Å². The van der Waals surface area contributed by atoms with Crippen LogP contribution in [0, 0.1) is 17.3 Å². The fourth-order valence-corrected chi connectivity index (χ4v) is 4.31. The van der Waals surface area contributed by atoms with Gasteiger partial charge in [0.25, 0.3) is 0 Å². The van der Waals surface area contributed by atoms with Crippen molar-refractivity contribution in [3.8, 4) is 0 Å². The number of fused-ring (bicyclic) bond motifs is 1. The van der Waals surface area contributed by atoms with Crippen molar-refractivity contribution >= 4 is 0 Å². The Hall–Kier alpha value is -0.860. The van der Waals surface area contributed by atoms with Gasteiger partial charge in [0.1, 0.15) is 0 Å². The van der Waals surface area contributed by atoms with Gasteiger partial charge in [0.05, 0.1) is 0 Å². The average molecular weight is 286 g/mol. The molecule has 0 saturated heterocycles. The maximum absolute atomic E-state index is 6.09. The predicted molar refractivity (Wildman–Crippen MR) is 88.8 cm³/mol. The van der Waals surface area contributed by atoms with Gasteiger partial charge in [-0.2, -0.15) is 0 Å². The minimum absolute atomic E-state index is 0.421. The molecule has 2 heteroatoms. The van der Waals surface area contributed by atoms with Crippen molar-refractivity contribution < 1.29 is 0 Å². The minimum atomic E-state index is 0.421. The van der Waals surface area contributed by atoms with Crippen molar-refractivity contribution in [2.45, 2.75) is 59.2 Å². The van der Waals surface area contributed by atoms with Crippen LogP contribution in [-0.4, -0.2) is 17.5 Å². The molecule has 1 aliphatic carbocycles. The molecule has 1 fully saturated rings. The molecular weight excluding hydrogens is 256 g/mol. The van der Waals surface area contributed by atoms with Crippen molar-refractivity contribution in [1.29, 1.82) is 0 Å². The normalized spacial score (nSPS) is 30.4. The van der Waals surface area contributed by atoms with E-state index in [1.54, 1.807) is 0 Å². The third kappa shape index (κ3) is 3.02. The zero-order valence-corrected chi connectivity index (χ0v) is 13.8. The van der Waals surface area contributed by atoms with Crippen LogP contribution in [0.3, 0.4) is 0 Å². The molecule has 1 aromatic carbocycles. The second-order valence-corrected chi connectivity index (χ2v) is 8.11. The summed E-state index contributed by atoms with van der Waals surface area (Å²) in [5, 5.41) is 0. The average Bonchev–Trinajstić information content (AvgIpc) is 2.89. The standard InChI is InChI=1S/C19H30N2/c1-19(2,3)17-9-8-14(11-20)18(10-17)21-12-15-6-4-5-7-16(15)13-21/h4-7,14,17-18H,8-13,20H2,1-3H3. The number of hydrogen-bond acceptors (Lipinski definition) is 2. The number of benzene rings is 1. The molecule has 0 radical (unpaired) electrons. The van der Waals surface area contributed by atoms with Crippen LogP contribution in [0.1, 0.15) is 51.2 Å². The van der Waals surface area contributed by atoms with Crippen molar-refractivity contribution in [2.75, 3.05) is 6.54 Å². The molecule has 2 aliphatic rings. The lowest BCUT2D eigenvalue weighted by Crippen LogP contribution is -2.46. The molecule has 0 amide bonds. The molecule has 1 heterocycles. The van der Waals surface area contributed by atoms with E-state index in [1.807, 2.05) is 0 Å². The van der Waals surface area contributed by atoms with Gasteiger partial charge in [-0.1, -0.05) is 45.0 Å². The fraction of sp³-hybridized carbons (Fsp3) is 0.684. The summed E-state index contributed by atoms with van der Waals surface area (Å²) in [6, 6.07) is 9.58. The summed E-state index contributed by atoms with van der Waals surface area (Å²) in [5.74, 6) is 1.51. The fourth-order valence-electron chi connectivity index (χ4n) is 4.31. The Morgan fingerprint density at radius 2 is 1.71 bits per heavy atom. The molecule has 1 aromatic rings. The lowest BCUT2D eigenvalue weighted by atomic mass is 9.67. The molecule has 2 N–H and O–H groups in total. The molecule has 3 unspecified atom stereocenters. The van der Waals surface area contributed by atoms with Crippen molar-refractivity contribution in [2.24, 2.45) is 23.0 Å². The highest BCUT2D eigenvalue weighted by Crippen LogP contribution is 2.43. The van der Waals surface area contributed by atoms with Crippen molar-refractivity contribution in [1.82, 2.24) is 4.90 Å². The van der Waals surface area contributed by atoms with Crippen LogP contribution in [0.4, 0.5) is 0 Å². The van der Waals surface area contributed by atoms with Crippen LogP contribution in [0.15, 0.2) is 24.3 Å². The Balaban J connectivity index is 1.76. The van der Waals surface area contributed by atoms with Gasteiger partial charge in [0, 0.05) is 19.1 Å². The highest BCUT2D eigenvalue weighted by atomic mass is 15.2. The van der Waals surface area contributed by atoms with E-state index >= 15 is 0 Å². The van der Waals surface area contributed by atoms with Gasteiger partial charge in [0.2, 0.25) is 0 Å². The molecule has 0 aromatic heterocycles. The molecule has 0 bridgehead atoms. The first-order chi connectivity index (χ1) is 9.99. The van der Waals surface area contributed by atoms with Crippen LogP contribution in [-0.2, 0) is 13.1 Å². The predicted octanol–water partition coefficient (Wildman–Crippen LogP) is 3.79. The second kappa shape index (κ2) is 5.73. The number of rotatable bonds is 2. The molecule has 1 saturated carbocycles. The largest absolute Gasteiger partial charge is 0.330 e. The van der Waals surface area contributed by atoms with Crippen LogP contribution < -0.4 is 5.73 Å². The van der Waals surface area contributed by atoms with Gasteiger partial charge in [-0.15, -0.1) is 0 Å². The van der Waals surface area contributed by atoms with Crippen LogP contribution >= 0.6 is 0 Å². The zero-order chi connectivity index (χ0) is 15.0. The van der Waals surface area contributed by atoms with Crippen molar-refractivity contribution in [3.63, 3.8) is 0 Å². The highest BCUT2D eigenvalue weighted by Gasteiger charge is 2.39. The van der Waals surface area contributed by atoms with E-state index in [9.17, 15) is 0 Å². The van der Waals surface area contributed by atoms with E-state index in [2.05, 4.69) is 49.9 Å². The van der Waals surface area contributed by atoms with Crippen molar-refractivity contribution in [3.05, 3.63) is 35.4 Å². The Morgan fingerprint density at radius 1 is 1.10 bits per heavy atom. The lowest BCUT2D eigenvalue weighted by molar-refractivity contribution is 0.0430. The summed E-state index contributed by atoms with van der Waals surface area (Å²) in [4.78, 5) is 2.69. The SMILES string of the molecule is CC(C)(C)C1CCC(CN)C(N2Cc3ccccc3C2)C1. The minimum Gasteiger partial charge on any atom is -0.330 e. The Bertz CT molecular complexity index is 464. The molecule has 1 aliphatic heterocycles. The van der Waals surface area contributed by atoms with Crippen LogP contribution in [0.2, 0.25) is 0 Å². The van der Waals surface area contributed by atoms with Gasteiger partial charge < -0.3 is 5.73 Å². The maximum Gasteiger partial charge on any atom is 0.0243 e. The lowest BCUT2D eigenvalue weighted by Gasteiger charge is -2.45. The number of nitrogens with two attached hydrogens (primary N) is 1. The van der Waals surface area contributed by atoms with E-state index < -0.39 is 0 Å². The molecule has 2 nitrogen and oxygen atoms in total. The molecule has 3 atom stereocenters. The Morgan fingerprint density at radius 3 is 2.24 bits per heavy atom. The molecule has 21 heavy (non-hydrogen) atoms. The summed E-state index contributed by atoms with van der Waals surface area (Å²) < 4.78 is 0. The van der Waals surface area contributed by atoms with Gasteiger partial charge in [-0.3, -0.25) is 4.90 Å². The summed E-state index contributed by atoms with van der Waals surface area (Å²) in [5.41, 5.74) is 9.55. The maximum atomic E-state index is 6.09. The number of hydrogen-bond donors (Lipinski definition) is 1. The van der Waals surface area contributed by atoms with Gasteiger partial charge in [-0.05, 0) is 54.2 Å². The first kappa shape index (κ1) is 15.1. The quantitative estimate of drug-likeness (QED) is 0.896. The third-order valence-electron chi connectivity index (χ3n) is 5.82. The molecular formula is C19H30N2. The van der Waals surface area contributed by atoms with E-state index in [4.69, 9.17) is 5.73 Å². The third-order valence-corrected chi connectivity index (χ3v) is 5.82. The summed E-state index contributed by atoms with van der Waals surface area (Å²) in [6.07, 6.45) is 3.97. The summed E-state index contributed by atoms with van der Waals surface area (Å²) in [7, 11) is 0. The summed E-state index contributed by atoms with van der Waals surface area (Å²) >= 11 is 0. The molecule has 116 valence electrons. The second-order valence-electron chi connectivity index (χ2n) is 8.11. The topological polar surface area (TPSA) is 29.3 Å². The van der Waals surface area contributed by atoms with E-state index in [0.29, 0.717) is 17.4 Å². The van der Waals surface area contributed by atoms with Gasteiger partial charge >= 0.3 is 0 Å². The van der Waals surface area contributed by atoms with Crippen LogP contribution in [0.25, 0.3) is 0 Å². The smallest absolute Gasteiger partial charge is 0.0243 e. The Labute approximate surface area is 129 Å². The van der Waals surface area contributed by atoms with E-state index in [1.165, 1.54) is 30.4 Å². The summed E-state index contributed by atoms with van der Waals surface area (Å²) in [6.45, 7) is 10.3. The van der Waals surface area contributed by atoms with Gasteiger partial charge in [-0.25, -0.2) is 0 Å². The van der Waals surface area contributed by atoms with Crippen LogP contribution in [0.5, 0.6) is 0 Å². The monoisotopic (exact) mass is 286 g/mol. The zero-order valence-electron chi connectivity index (χ0n) is 13.8. The first-order valence-corrected chi connectivity index (χ1v) is 8.50. The number of nitrogens with zero attached hydrogens (tertiary/aromatic N) is 1. The Kier molecular flexibility index (Phi) is 4.11. The highest BCUT2D eigenvalue weighted by molar-refractivity contribution is 5.30. The first-order valence-electron chi connectivity index (χ1n) is 8.50. The van der Waals surface area contributed by atoms with E-state index in [-0.39, 0.29) is 0 Å².